The van der Waals surface area contributed by atoms with Gasteiger partial charge in [0, 0.05) is 16.5 Å². The summed E-state index contributed by atoms with van der Waals surface area (Å²) in [7, 11) is 0. The second kappa shape index (κ2) is 2.81. The topological polar surface area (TPSA) is 26.0 Å². The van der Waals surface area contributed by atoms with E-state index in [1.54, 1.807) is 0 Å². The third kappa shape index (κ3) is 1.31. The van der Waals surface area contributed by atoms with Gasteiger partial charge in [-0.15, -0.1) is 0 Å². The third-order valence-corrected chi connectivity index (χ3v) is 2.99. The Labute approximate surface area is 89.8 Å². The zero-order valence-corrected chi connectivity index (χ0v) is 8.54. The quantitative estimate of drug-likeness (QED) is 0.798. The van der Waals surface area contributed by atoms with Crippen molar-refractivity contribution in [1.29, 1.82) is 0 Å². The van der Waals surface area contributed by atoms with Crippen molar-refractivity contribution < 1.29 is 8.78 Å². The Balaban J connectivity index is 2.45. The fraction of sp³-hybridized carbons (Fsp3) is 0.333. The molecule has 0 aliphatic heterocycles. The number of benzene rings is 1. The summed E-state index contributed by atoms with van der Waals surface area (Å²) in [5.74, 6) is -2.86. The predicted molar refractivity (Wildman–Crippen MR) is 51.9 cm³/mol. The molecule has 2 rings (SSSR count). The van der Waals surface area contributed by atoms with Gasteiger partial charge in [0.05, 0.1) is 0 Å². The molecule has 0 amide bonds. The SMILES string of the molecule is NC1(c2ccc(Cl)cc2Cl)CC1(F)F. The van der Waals surface area contributed by atoms with Gasteiger partial charge in [-0.25, -0.2) is 8.78 Å². The zero-order chi connectivity index (χ0) is 10.6. The molecular formula is C9H7Cl2F2N. The van der Waals surface area contributed by atoms with E-state index in [4.69, 9.17) is 28.9 Å². The molecule has 2 N–H and O–H groups in total. The van der Waals surface area contributed by atoms with Gasteiger partial charge in [-0.3, -0.25) is 0 Å². The van der Waals surface area contributed by atoms with E-state index in [0.29, 0.717) is 5.02 Å². The third-order valence-electron chi connectivity index (χ3n) is 2.44. The lowest BCUT2D eigenvalue weighted by Crippen LogP contribution is -2.27. The van der Waals surface area contributed by atoms with Crippen LogP contribution in [0.2, 0.25) is 10.0 Å². The minimum Gasteiger partial charge on any atom is -0.316 e. The first kappa shape index (κ1) is 10.1. The maximum Gasteiger partial charge on any atom is 0.272 e. The molecule has 0 saturated heterocycles. The molecule has 0 radical (unpaired) electrons. The fourth-order valence-corrected chi connectivity index (χ4v) is 2.03. The van der Waals surface area contributed by atoms with Gasteiger partial charge in [0.2, 0.25) is 0 Å². The van der Waals surface area contributed by atoms with Gasteiger partial charge < -0.3 is 5.73 Å². The monoisotopic (exact) mass is 237 g/mol. The van der Waals surface area contributed by atoms with Gasteiger partial charge in [0.1, 0.15) is 5.54 Å². The first-order valence-electron chi connectivity index (χ1n) is 3.99. The molecule has 1 unspecified atom stereocenters. The van der Waals surface area contributed by atoms with Crippen LogP contribution in [0, 0.1) is 0 Å². The number of hydrogen-bond donors (Lipinski definition) is 1. The Bertz CT molecular complexity index is 394. The normalized spacial score (nSPS) is 28.9. The average Bonchev–Trinajstić information content (AvgIpc) is 2.50. The van der Waals surface area contributed by atoms with Crippen LogP contribution >= 0.6 is 23.2 Å². The van der Waals surface area contributed by atoms with Crippen LogP contribution in [0.5, 0.6) is 0 Å². The van der Waals surface area contributed by atoms with E-state index in [9.17, 15) is 8.78 Å². The van der Waals surface area contributed by atoms with Crippen molar-refractivity contribution in [3.8, 4) is 0 Å². The van der Waals surface area contributed by atoms with Crippen molar-refractivity contribution in [3.05, 3.63) is 33.8 Å². The summed E-state index contributed by atoms with van der Waals surface area (Å²) in [5.41, 5.74) is 4.17. The Kier molecular flexibility index (Phi) is 2.04. The lowest BCUT2D eigenvalue weighted by Gasteiger charge is -2.12. The summed E-state index contributed by atoms with van der Waals surface area (Å²) in [5, 5.41) is 0.600. The molecule has 1 aromatic carbocycles. The van der Waals surface area contributed by atoms with Crippen LogP contribution in [-0.2, 0) is 5.54 Å². The molecule has 0 aromatic heterocycles. The van der Waals surface area contributed by atoms with Gasteiger partial charge in [-0.1, -0.05) is 29.3 Å². The maximum atomic E-state index is 12.9. The minimum atomic E-state index is -2.86. The van der Waals surface area contributed by atoms with E-state index in [0.717, 1.165) is 0 Å². The molecule has 76 valence electrons. The highest BCUT2D eigenvalue weighted by Crippen LogP contribution is 2.58. The molecule has 0 bridgehead atoms. The van der Waals surface area contributed by atoms with Crippen LogP contribution < -0.4 is 5.73 Å². The molecule has 1 saturated carbocycles. The van der Waals surface area contributed by atoms with Crippen LogP contribution in [-0.4, -0.2) is 5.92 Å². The summed E-state index contributed by atoms with van der Waals surface area (Å²) in [6.07, 6.45) is -0.360. The van der Waals surface area contributed by atoms with Crippen molar-refractivity contribution in [3.63, 3.8) is 0 Å². The number of halogens is 4. The molecule has 0 spiro atoms. The molecule has 1 aromatic rings. The Morgan fingerprint density at radius 1 is 1.29 bits per heavy atom. The number of nitrogens with two attached hydrogens (primary N) is 1. The largest absolute Gasteiger partial charge is 0.316 e. The number of hydrogen-bond acceptors (Lipinski definition) is 1. The Morgan fingerprint density at radius 2 is 1.86 bits per heavy atom. The standard InChI is InChI=1S/C9H7Cl2F2N/c10-5-1-2-6(7(11)3-5)8(14)4-9(8,12)13/h1-3H,4,14H2. The van der Waals surface area contributed by atoms with E-state index < -0.39 is 11.5 Å². The molecule has 1 aliphatic carbocycles. The highest BCUT2D eigenvalue weighted by atomic mass is 35.5. The molecule has 1 fully saturated rings. The second-order valence-electron chi connectivity index (χ2n) is 3.48. The molecular weight excluding hydrogens is 231 g/mol. The van der Waals surface area contributed by atoms with Gasteiger partial charge in [-0.05, 0) is 17.7 Å². The van der Waals surface area contributed by atoms with E-state index in [1.165, 1.54) is 18.2 Å². The van der Waals surface area contributed by atoms with Crippen LogP contribution in [0.15, 0.2) is 18.2 Å². The van der Waals surface area contributed by atoms with Gasteiger partial charge >= 0.3 is 0 Å². The molecule has 1 atom stereocenters. The highest BCUT2D eigenvalue weighted by molar-refractivity contribution is 6.35. The van der Waals surface area contributed by atoms with E-state index in [1.807, 2.05) is 0 Å². The lowest BCUT2D eigenvalue weighted by molar-refractivity contribution is 0.0891. The predicted octanol–water partition coefficient (Wildman–Crippen LogP) is 3.19. The van der Waals surface area contributed by atoms with Crippen molar-refractivity contribution in [2.45, 2.75) is 17.9 Å². The smallest absolute Gasteiger partial charge is 0.272 e. The van der Waals surface area contributed by atoms with Crippen molar-refractivity contribution in [2.24, 2.45) is 5.73 Å². The molecule has 5 heteroatoms. The Morgan fingerprint density at radius 3 is 2.29 bits per heavy atom. The van der Waals surface area contributed by atoms with Gasteiger partial charge in [0.25, 0.3) is 5.92 Å². The summed E-state index contributed by atoms with van der Waals surface area (Å²) in [4.78, 5) is 0. The zero-order valence-electron chi connectivity index (χ0n) is 7.03. The van der Waals surface area contributed by atoms with Crippen LogP contribution in [0.1, 0.15) is 12.0 Å². The van der Waals surface area contributed by atoms with E-state index >= 15 is 0 Å². The number of alkyl halides is 2. The average molecular weight is 238 g/mol. The first-order chi connectivity index (χ1) is 6.37. The molecule has 0 heterocycles. The van der Waals surface area contributed by atoms with Crippen LogP contribution in [0.25, 0.3) is 0 Å². The highest BCUT2D eigenvalue weighted by Gasteiger charge is 2.70. The second-order valence-corrected chi connectivity index (χ2v) is 4.32. The van der Waals surface area contributed by atoms with Crippen molar-refractivity contribution in [1.82, 2.24) is 0 Å². The van der Waals surface area contributed by atoms with Gasteiger partial charge in [-0.2, -0.15) is 0 Å². The van der Waals surface area contributed by atoms with Crippen molar-refractivity contribution in [2.75, 3.05) is 0 Å². The maximum absolute atomic E-state index is 12.9. The molecule has 14 heavy (non-hydrogen) atoms. The van der Waals surface area contributed by atoms with Gasteiger partial charge in [0.15, 0.2) is 0 Å². The number of rotatable bonds is 1. The summed E-state index contributed by atoms with van der Waals surface area (Å²) in [6.45, 7) is 0. The fourth-order valence-electron chi connectivity index (χ4n) is 1.45. The molecule has 1 nitrogen and oxygen atoms in total. The van der Waals surface area contributed by atoms with Crippen LogP contribution in [0.3, 0.4) is 0 Å². The summed E-state index contributed by atoms with van der Waals surface area (Å²) < 4.78 is 25.9. The summed E-state index contributed by atoms with van der Waals surface area (Å²) in [6, 6.07) is 4.37. The lowest BCUT2D eigenvalue weighted by atomic mass is 10.1. The van der Waals surface area contributed by atoms with E-state index in [-0.39, 0.29) is 17.0 Å². The Hall–Kier alpha value is -0.380. The van der Waals surface area contributed by atoms with E-state index in [2.05, 4.69) is 0 Å². The molecule has 1 aliphatic rings. The summed E-state index contributed by atoms with van der Waals surface area (Å²) >= 11 is 11.4. The van der Waals surface area contributed by atoms with Crippen molar-refractivity contribution >= 4 is 23.2 Å². The minimum absolute atomic E-state index is 0.192. The first-order valence-corrected chi connectivity index (χ1v) is 4.75. The van der Waals surface area contributed by atoms with Crippen LogP contribution in [0.4, 0.5) is 8.78 Å².